The molecule has 0 aromatic rings. The van der Waals surface area contributed by atoms with Gasteiger partial charge in [-0.2, -0.15) is 0 Å². The van der Waals surface area contributed by atoms with Gasteiger partial charge in [0.05, 0.1) is 13.2 Å². The lowest BCUT2D eigenvalue weighted by Gasteiger charge is -2.19. The van der Waals surface area contributed by atoms with Gasteiger partial charge in [0.25, 0.3) is 0 Å². The number of ether oxygens (including phenoxy) is 2. The monoisotopic (exact) mass is 888 g/mol. The van der Waals surface area contributed by atoms with Gasteiger partial charge in [-0.05, 0) is 12.8 Å². The zero-order valence-electron chi connectivity index (χ0n) is 40.4. The van der Waals surface area contributed by atoms with Gasteiger partial charge in [-0.3, -0.25) is 18.6 Å². The number of carbonyl (C=O) groups excluding carboxylic acids is 2. The lowest BCUT2D eigenvalue weighted by molar-refractivity contribution is -0.161. The Morgan fingerprint density at radius 3 is 1.00 bits per heavy atom. The molecular formula is C51H102NO8P. The molecule has 61 heavy (non-hydrogen) atoms. The highest BCUT2D eigenvalue weighted by Crippen LogP contribution is 2.43. The Morgan fingerprint density at radius 1 is 0.426 bits per heavy atom. The molecule has 0 spiro atoms. The van der Waals surface area contributed by atoms with Gasteiger partial charge in [0, 0.05) is 19.4 Å². The molecule has 9 nitrogen and oxygen atoms in total. The molecule has 2 unspecified atom stereocenters. The summed E-state index contributed by atoms with van der Waals surface area (Å²) in [5.74, 6) is -0.806. The van der Waals surface area contributed by atoms with Crippen LogP contribution in [0.2, 0.25) is 0 Å². The maximum atomic E-state index is 12.7. The maximum Gasteiger partial charge on any atom is 0.472 e. The van der Waals surface area contributed by atoms with Gasteiger partial charge in [0.15, 0.2) is 6.10 Å². The fraction of sp³-hybridized carbons (Fsp3) is 0.961. The van der Waals surface area contributed by atoms with Gasteiger partial charge < -0.3 is 20.1 Å². The Hall–Kier alpha value is -0.990. The van der Waals surface area contributed by atoms with Gasteiger partial charge in [-0.15, -0.1) is 0 Å². The Balaban J connectivity index is 3.94. The molecule has 0 aliphatic heterocycles. The number of unbranched alkanes of at least 4 members (excludes halogenated alkanes) is 38. The van der Waals surface area contributed by atoms with E-state index in [9.17, 15) is 19.0 Å². The van der Waals surface area contributed by atoms with Crippen LogP contribution in [-0.4, -0.2) is 49.3 Å². The number of rotatable bonds is 51. The molecule has 0 aromatic heterocycles. The number of nitrogens with two attached hydrogens (primary N) is 1. The first kappa shape index (κ1) is 60.0. The predicted molar refractivity (Wildman–Crippen MR) is 257 cm³/mol. The smallest absolute Gasteiger partial charge is 0.462 e. The highest BCUT2D eigenvalue weighted by Gasteiger charge is 2.26. The lowest BCUT2D eigenvalue weighted by atomic mass is 10.0. The third kappa shape index (κ3) is 48.3. The van der Waals surface area contributed by atoms with Crippen LogP contribution in [0, 0.1) is 0 Å². The van der Waals surface area contributed by atoms with Crippen molar-refractivity contribution in [2.45, 2.75) is 290 Å². The van der Waals surface area contributed by atoms with Crippen LogP contribution in [0.5, 0.6) is 0 Å². The zero-order valence-corrected chi connectivity index (χ0v) is 41.3. The quantitative estimate of drug-likeness (QED) is 0.0348. The molecule has 0 aliphatic rings. The molecule has 0 saturated carbocycles. The summed E-state index contributed by atoms with van der Waals surface area (Å²) in [5, 5.41) is 0. The van der Waals surface area contributed by atoms with Gasteiger partial charge in [0.2, 0.25) is 0 Å². The summed E-state index contributed by atoms with van der Waals surface area (Å²) in [6.45, 7) is 3.81. The normalized spacial score (nSPS) is 13.0. The van der Waals surface area contributed by atoms with Crippen LogP contribution in [0.3, 0.4) is 0 Å². The lowest BCUT2D eigenvalue weighted by Crippen LogP contribution is -2.29. The molecule has 0 aliphatic carbocycles. The fourth-order valence-corrected chi connectivity index (χ4v) is 8.82. The molecule has 0 saturated heterocycles. The second kappa shape index (κ2) is 48.5. The molecule has 0 heterocycles. The summed E-state index contributed by atoms with van der Waals surface area (Å²) >= 11 is 0. The summed E-state index contributed by atoms with van der Waals surface area (Å²) in [7, 11) is -4.37. The molecule has 3 N–H and O–H groups in total. The van der Waals surface area contributed by atoms with Crippen LogP contribution in [0.25, 0.3) is 0 Å². The first-order valence-corrected chi connectivity index (χ1v) is 28.0. The van der Waals surface area contributed by atoms with Crippen molar-refractivity contribution in [1.82, 2.24) is 0 Å². The molecule has 10 heteroatoms. The minimum absolute atomic E-state index is 0.0584. The van der Waals surface area contributed by atoms with Crippen LogP contribution in [-0.2, 0) is 32.7 Å². The number of phosphoric acid groups is 1. The summed E-state index contributed by atoms with van der Waals surface area (Å²) in [6.07, 6.45) is 51.5. The van der Waals surface area contributed by atoms with Crippen LogP contribution >= 0.6 is 7.82 Å². The van der Waals surface area contributed by atoms with Crippen LogP contribution < -0.4 is 5.73 Å². The Morgan fingerprint density at radius 2 is 0.705 bits per heavy atom. The summed E-state index contributed by atoms with van der Waals surface area (Å²) < 4.78 is 33.0. The number of phosphoric ester groups is 1. The van der Waals surface area contributed by atoms with Crippen molar-refractivity contribution in [3.05, 3.63) is 0 Å². The van der Waals surface area contributed by atoms with E-state index in [-0.39, 0.29) is 38.6 Å². The molecule has 0 radical (unpaired) electrons. The van der Waals surface area contributed by atoms with Crippen molar-refractivity contribution in [2.24, 2.45) is 5.73 Å². The Bertz CT molecular complexity index is 969. The van der Waals surface area contributed by atoms with Gasteiger partial charge in [0.1, 0.15) is 6.61 Å². The molecule has 0 bridgehead atoms. The Kier molecular flexibility index (Phi) is 47.7. The van der Waals surface area contributed by atoms with Crippen LogP contribution in [0.15, 0.2) is 0 Å². The van der Waals surface area contributed by atoms with Crippen molar-refractivity contribution < 1.29 is 37.6 Å². The van der Waals surface area contributed by atoms with E-state index in [1.54, 1.807) is 0 Å². The largest absolute Gasteiger partial charge is 0.472 e. The van der Waals surface area contributed by atoms with Gasteiger partial charge >= 0.3 is 19.8 Å². The van der Waals surface area contributed by atoms with E-state index in [1.807, 2.05) is 0 Å². The van der Waals surface area contributed by atoms with Crippen molar-refractivity contribution in [3.63, 3.8) is 0 Å². The summed E-state index contributed by atoms with van der Waals surface area (Å²) in [4.78, 5) is 35.0. The first-order chi connectivity index (χ1) is 29.8. The average Bonchev–Trinajstić information content (AvgIpc) is 3.25. The van der Waals surface area contributed by atoms with E-state index in [4.69, 9.17) is 24.3 Å². The zero-order chi connectivity index (χ0) is 44.6. The number of esters is 2. The molecule has 0 amide bonds. The molecule has 0 rings (SSSR count). The predicted octanol–water partition coefficient (Wildman–Crippen LogP) is 16.0. The van der Waals surface area contributed by atoms with Crippen molar-refractivity contribution in [2.75, 3.05) is 26.4 Å². The van der Waals surface area contributed by atoms with Gasteiger partial charge in [-0.25, -0.2) is 4.57 Å². The maximum absolute atomic E-state index is 12.7. The number of hydrogen-bond donors (Lipinski definition) is 2. The second-order valence-electron chi connectivity index (χ2n) is 18.1. The highest BCUT2D eigenvalue weighted by molar-refractivity contribution is 7.47. The minimum atomic E-state index is -4.37. The SMILES string of the molecule is CCCCCCCCCCCCCCCCCCCCCCCCCCC(=O)OC(COC(=O)CCCCCCCCCCCCCCCCCC)COP(=O)(O)OCCN. The average molecular weight is 888 g/mol. The van der Waals surface area contributed by atoms with Crippen LogP contribution in [0.4, 0.5) is 0 Å². The van der Waals surface area contributed by atoms with Crippen molar-refractivity contribution >= 4 is 19.8 Å². The standard InChI is InChI=1S/C51H102NO8P/c1-3-5-7-9-11-13-15-17-19-21-22-23-24-25-26-27-28-30-32-34-36-38-40-42-44-51(54)60-49(48-59-61(55,56)58-46-45-52)47-57-50(53)43-41-39-37-35-33-31-29-20-18-16-14-12-10-8-6-4-2/h49H,3-48,52H2,1-2H3,(H,55,56). The van der Waals surface area contributed by atoms with E-state index in [0.717, 1.165) is 32.1 Å². The third-order valence-corrected chi connectivity index (χ3v) is 13.0. The highest BCUT2D eigenvalue weighted by atomic mass is 31.2. The van der Waals surface area contributed by atoms with Crippen molar-refractivity contribution in [1.29, 1.82) is 0 Å². The van der Waals surface area contributed by atoms with E-state index < -0.39 is 26.5 Å². The molecule has 2 atom stereocenters. The molecule has 0 fully saturated rings. The topological polar surface area (TPSA) is 134 Å². The van der Waals surface area contributed by atoms with Gasteiger partial charge in [-0.1, -0.05) is 258 Å². The fourth-order valence-electron chi connectivity index (χ4n) is 8.05. The molecule has 0 aromatic carbocycles. The minimum Gasteiger partial charge on any atom is -0.462 e. The Labute approximate surface area is 377 Å². The van der Waals surface area contributed by atoms with E-state index in [2.05, 4.69) is 13.8 Å². The number of carbonyl (C=O) groups is 2. The van der Waals surface area contributed by atoms with E-state index in [0.29, 0.717) is 6.42 Å². The number of hydrogen-bond acceptors (Lipinski definition) is 8. The van der Waals surface area contributed by atoms with Crippen LogP contribution in [0.1, 0.15) is 284 Å². The van der Waals surface area contributed by atoms with E-state index >= 15 is 0 Å². The second-order valence-corrected chi connectivity index (χ2v) is 19.6. The summed E-state index contributed by atoms with van der Waals surface area (Å²) in [5.41, 5.74) is 5.37. The van der Waals surface area contributed by atoms with E-state index in [1.165, 1.54) is 218 Å². The first-order valence-electron chi connectivity index (χ1n) is 26.5. The third-order valence-electron chi connectivity index (χ3n) is 12.0. The molecule has 364 valence electrons. The summed E-state index contributed by atoms with van der Waals surface area (Å²) in [6, 6.07) is 0. The molecular weight excluding hydrogens is 786 g/mol. The van der Waals surface area contributed by atoms with Crippen molar-refractivity contribution in [3.8, 4) is 0 Å².